The van der Waals surface area contributed by atoms with Crippen LogP contribution in [0.1, 0.15) is 13.3 Å². The van der Waals surface area contributed by atoms with E-state index in [0.29, 0.717) is 6.10 Å². The second-order valence-corrected chi connectivity index (χ2v) is 4.70. The standard InChI is InChI=1S/C10H14IN3O/c1-2-8-6-14(3-4-15-8)10-9(11)5-12-7-13-10/h5,7-8H,2-4,6H2,1H3. The molecule has 1 saturated heterocycles. The van der Waals surface area contributed by atoms with Gasteiger partial charge in [-0.1, -0.05) is 6.92 Å². The zero-order valence-corrected chi connectivity index (χ0v) is 10.8. The average Bonchev–Trinajstić information content (AvgIpc) is 2.30. The molecule has 0 bridgehead atoms. The van der Waals surface area contributed by atoms with E-state index in [9.17, 15) is 0 Å². The van der Waals surface area contributed by atoms with E-state index in [-0.39, 0.29) is 0 Å². The van der Waals surface area contributed by atoms with Crippen LogP contribution >= 0.6 is 22.6 Å². The smallest absolute Gasteiger partial charge is 0.145 e. The highest BCUT2D eigenvalue weighted by atomic mass is 127. The van der Waals surface area contributed by atoms with Crippen LogP contribution in [0.25, 0.3) is 0 Å². The molecule has 82 valence electrons. The van der Waals surface area contributed by atoms with E-state index >= 15 is 0 Å². The number of hydrogen-bond acceptors (Lipinski definition) is 4. The third kappa shape index (κ3) is 2.57. The number of ether oxygens (including phenoxy) is 1. The lowest BCUT2D eigenvalue weighted by molar-refractivity contribution is 0.0381. The van der Waals surface area contributed by atoms with Gasteiger partial charge in [-0.15, -0.1) is 0 Å². The highest BCUT2D eigenvalue weighted by Gasteiger charge is 2.21. The molecule has 1 aliphatic rings. The highest BCUT2D eigenvalue weighted by Crippen LogP contribution is 2.21. The monoisotopic (exact) mass is 319 g/mol. The molecule has 0 N–H and O–H groups in total. The molecule has 0 aliphatic carbocycles. The molecule has 1 fully saturated rings. The van der Waals surface area contributed by atoms with E-state index < -0.39 is 0 Å². The van der Waals surface area contributed by atoms with Crippen molar-refractivity contribution in [3.8, 4) is 0 Å². The normalized spacial score (nSPS) is 21.7. The van der Waals surface area contributed by atoms with Crippen LogP contribution in [0.3, 0.4) is 0 Å². The van der Waals surface area contributed by atoms with Crippen LogP contribution < -0.4 is 4.90 Å². The molecule has 0 amide bonds. The Labute approximate surface area is 103 Å². The van der Waals surface area contributed by atoms with Gasteiger partial charge in [0, 0.05) is 19.3 Å². The van der Waals surface area contributed by atoms with Gasteiger partial charge in [0.2, 0.25) is 0 Å². The number of morpholine rings is 1. The summed E-state index contributed by atoms with van der Waals surface area (Å²) >= 11 is 2.27. The van der Waals surface area contributed by atoms with Gasteiger partial charge in [0.05, 0.1) is 16.3 Å². The fraction of sp³-hybridized carbons (Fsp3) is 0.600. The zero-order chi connectivity index (χ0) is 10.7. The van der Waals surface area contributed by atoms with Gasteiger partial charge in [0.25, 0.3) is 0 Å². The van der Waals surface area contributed by atoms with Crippen molar-refractivity contribution in [2.24, 2.45) is 0 Å². The van der Waals surface area contributed by atoms with Crippen LogP contribution in [0.4, 0.5) is 5.82 Å². The van der Waals surface area contributed by atoms with Crippen molar-refractivity contribution in [2.75, 3.05) is 24.6 Å². The minimum Gasteiger partial charge on any atom is -0.375 e. The van der Waals surface area contributed by atoms with Gasteiger partial charge >= 0.3 is 0 Å². The van der Waals surface area contributed by atoms with Gasteiger partial charge in [-0.25, -0.2) is 9.97 Å². The molecule has 1 unspecified atom stereocenters. The first-order chi connectivity index (χ1) is 7.31. The molecule has 4 nitrogen and oxygen atoms in total. The summed E-state index contributed by atoms with van der Waals surface area (Å²) in [4.78, 5) is 10.6. The Morgan fingerprint density at radius 3 is 3.27 bits per heavy atom. The summed E-state index contributed by atoms with van der Waals surface area (Å²) in [5.41, 5.74) is 0. The summed E-state index contributed by atoms with van der Waals surface area (Å²) in [5.74, 6) is 1.03. The molecule has 0 radical (unpaired) electrons. The van der Waals surface area contributed by atoms with Crippen molar-refractivity contribution in [3.05, 3.63) is 16.1 Å². The first-order valence-corrected chi connectivity index (χ1v) is 6.21. The number of aromatic nitrogens is 2. The van der Waals surface area contributed by atoms with E-state index in [2.05, 4.69) is 44.4 Å². The zero-order valence-electron chi connectivity index (χ0n) is 8.69. The topological polar surface area (TPSA) is 38.2 Å². The van der Waals surface area contributed by atoms with Gasteiger partial charge in [0.1, 0.15) is 12.1 Å². The molecular formula is C10H14IN3O. The van der Waals surface area contributed by atoms with Crippen molar-refractivity contribution in [1.82, 2.24) is 9.97 Å². The van der Waals surface area contributed by atoms with E-state index in [1.54, 1.807) is 6.33 Å². The maximum Gasteiger partial charge on any atom is 0.145 e. The molecule has 5 heteroatoms. The van der Waals surface area contributed by atoms with E-state index in [4.69, 9.17) is 4.74 Å². The van der Waals surface area contributed by atoms with Gasteiger partial charge in [0.15, 0.2) is 0 Å². The van der Waals surface area contributed by atoms with Crippen LogP contribution in [0, 0.1) is 3.57 Å². The predicted molar refractivity (Wildman–Crippen MR) is 67.0 cm³/mol. The number of nitrogens with zero attached hydrogens (tertiary/aromatic N) is 3. The van der Waals surface area contributed by atoms with Crippen molar-refractivity contribution in [3.63, 3.8) is 0 Å². The minimum absolute atomic E-state index is 0.338. The van der Waals surface area contributed by atoms with Gasteiger partial charge in [-0.05, 0) is 29.0 Å². The Morgan fingerprint density at radius 2 is 2.53 bits per heavy atom. The second kappa shape index (κ2) is 5.07. The Kier molecular flexibility index (Phi) is 3.74. The number of anilines is 1. The molecule has 2 rings (SSSR count). The van der Waals surface area contributed by atoms with Crippen LogP contribution in [0.5, 0.6) is 0 Å². The minimum atomic E-state index is 0.338. The lowest BCUT2D eigenvalue weighted by atomic mass is 10.2. The van der Waals surface area contributed by atoms with Crippen molar-refractivity contribution in [2.45, 2.75) is 19.4 Å². The SMILES string of the molecule is CCC1CN(c2ncncc2I)CCO1. The molecular weight excluding hydrogens is 305 g/mol. The van der Waals surface area contributed by atoms with Crippen LogP contribution in [-0.2, 0) is 4.74 Å². The Bertz CT molecular complexity index is 334. The Balaban J connectivity index is 2.13. The van der Waals surface area contributed by atoms with E-state index in [1.165, 1.54) is 0 Å². The lowest BCUT2D eigenvalue weighted by Crippen LogP contribution is -2.43. The van der Waals surface area contributed by atoms with Gasteiger partial charge < -0.3 is 9.64 Å². The second-order valence-electron chi connectivity index (χ2n) is 3.54. The third-order valence-corrected chi connectivity index (χ3v) is 3.30. The molecule has 1 atom stereocenters. The molecule has 0 spiro atoms. The quantitative estimate of drug-likeness (QED) is 0.778. The van der Waals surface area contributed by atoms with Gasteiger partial charge in [-0.2, -0.15) is 0 Å². The third-order valence-electron chi connectivity index (χ3n) is 2.54. The van der Waals surface area contributed by atoms with Crippen LogP contribution in [-0.4, -0.2) is 35.8 Å². The first kappa shape index (κ1) is 11.1. The number of halogens is 1. The van der Waals surface area contributed by atoms with Crippen molar-refractivity contribution >= 4 is 28.4 Å². The van der Waals surface area contributed by atoms with Crippen molar-refractivity contribution < 1.29 is 4.74 Å². The Hall–Kier alpha value is -0.430. The maximum atomic E-state index is 5.63. The molecule has 1 aliphatic heterocycles. The van der Waals surface area contributed by atoms with Crippen molar-refractivity contribution in [1.29, 1.82) is 0 Å². The number of rotatable bonds is 2. The largest absolute Gasteiger partial charge is 0.375 e. The highest BCUT2D eigenvalue weighted by molar-refractivity contribution is 14.1. The average molecular weight is 319 g/mol. The number of hydrogen-bond donors (Lipinski definition) is 0. The summed E-state index contributed by atoms with van der Waals surface area (Å²) in [6.45, 7) is 4.80. The summed E-state index contributed by atoms with van der Waals surface area (Å²) in [6, 6.07) is 0. The Morgan fingerprint density at radius 1 is 1.67 bits per heavy atom. The molecule has 0 saturated carbocycles. The van der Waals surface area contributed by atoms with E-state index in [1.807, 2.05) is 6.20 Å². The summed E-state index contributed by atoms with van der Waals surface area (Å²) < 4.78 is 6.73. The fourth-order valence-electron chi connectivity index (χ4n) is 1.70. The molecule has 2 heterocycles. The van der Waals surface area contributed by atoms with E-state index in [0.717, 1.165) is 35.5 Å². The molecule has 15 heavy (non-hydrogen) atoms. The first-order valence-electron chi connectivity index (χ1n) is 5.13. The van der Waals surface area contributed by atoms with Gasteiger partial charge in [-0.3, -0.25) is 0 Å². The molecule has 1 aromatic rings. The lowest BCUT2D eigenvalue weighted by Gasteiger charge is -2.33. The fourth-order valence-corrected chi connectivity index (χ4v) is 2.34. The molecule has 0 aromatic carbocycles. The van der Waals surface area contributed by atoms with Crippen LogP contribution in [0.2, 0.25) is 0 Å². The van der Waals surface area contributed by atoms with Crippen LogP contribution in [0.15, 0.2) is 12.5 Å². The summed E-state index contributed by atoms with van der Waals surface area (Å²) in [5, 5.41) is 0. The molecule has 1 aromatic heterocycles. The summed E-state index contributed by atoms with van der Waals surface area (Å²) in [7, 11) is 0. The predicted octanol–water partition coefficient (Wildman–Crippen LogP) is 1.70. The summed E-state index contributed by atoms with van der Waals surface area (Å²) in [6.07, 6.45) is 4.84. The maximum absolute atomic E-state index is 5.63.